The van der Waals surface area contributed by atoms with Gasteiger partial charge in [-0.2, -0.15) is 5.10 Å². The Hall–Kier alpha value is -2.21. The monoisotopic (exact) mass is 344 g/mol. The molecule has 2 heterocycles. The summed E-state index contributed by atoms with van der Waals surface area (Å²) in [5.41, 5.74) is 2.83. The van der Waals surface area contributed by atoms with E-state index >= 15 is 0 Å². The fourth-order valence-electron chi connectivity index (χ4n) is 2.15. The lowest BCUT2D eigenvalue weighted by Crippen LogP contribution is -2.13. The summed E-state index contributed by atoms with van der Waals surface area (Å²) in [7, 11) is 1.81. The van der Waals surface area contributed by atoms with Gasteiger partial charge in [0.2, 0.25) is 0 Å². The molecule has 1 amide bonds. The number of amides is 1. The Bertz CT molecular complexity index is 841. The molecule has 5 nitrogen and oxygen atoms in total. The fraction of sp³-hybridized carbons (Fsp3) is 0.133. The summed E-state index contributed by atoms with van der Waals surface area (Å²) >= 11 is 3.40. The molecule has 1 N–H and O–H groups in total. The van der Waals surface area contributed by atoms with Crippen LogP contribution in [0.3, 0.4) is 0 Å². The molecule has 0 atom stereocenters. The normalized spacial score (nSPS) is 10.8. The Morgan fingerprint density at radius 3 is 2.86 bits per heavy atom. The van der Waals surface area contributed by atoms with Gasteiger partial charge in [0, 0.05) is 28.8 Å². The van der Waals surface area contributed by atoms with E-state index in [2.05, 4.69) is 31.3 Å². The number of pyridine rings is 1. The van der Waals surface area contributed by atoms with Crippen molar-refractivity contribution in [3.63, 3.8) is 0 Å². The van der Waals surface area contributed by atoms with Gasteiger partial charge < -0.3 is 5.32 Å². The summed E-state index contributed by atoms with van der Waals surface area (Å²) in [6, 6.07) is 7.65. The van der Waals surface area contributed by atoms with E-state index in [0.717, 1.165) is 21.1 Å². The molecule has 6 heteroatoms. The molecule has 0 fully saturated rings. The van der Waals surface area contributed by atoms with Crippen LogP contribution in [0.25, 0.3) is 10.9 Å². The van der Waals surface area contributed by atoms with Gasteiger partial charge >= 0.3 is 0 Å². The van der Waals surface area contributed by atoms with Gasteiger partial charge in [-0.05, 0) is 35.0 Å². The van der Waals surface area contributed by atoms with E-state index in [1.165, 1.54) is 0 Å². The molecule has 3 rings (SSSR count). The number of nitrogens with one attached hydrogen (secondary N) is 1. The molecule has 0 saturated carbocycles. The summed E-state index contributed by atoms with van der Waals surface area (Å²) in [4.78, 5) is 16.7. The third-order valence-corrected chi connectivity index (χ3v) is 3.84. The van der Waals surface area contributed by atoms with E-state index in [1.807, 2.05) is 38.2 Å². The molecule has 0 unspecified atom stereocenters. The van der Waals surface area contributed by atoms with Crippen LogP contribution in [-0.2, 0) is 7.05 Å². The third-order valence-electron chi connectivity index (χ3n) is 3.41. The van der Waals surface area contributed by atoms with Crippen LogP contribution in [0.15, 0.2) is 41.1 Å². The first-order valence-electron chi connectivity index (χ1n) is 6.40. The summed E-state index contributed by atoms with van der Waals surface area (Å²) < 4.78 is 2.58. The highest BCUT2D eigenvalue weighted by atomic mass is 79.9. The first kappa shape index (κ1) is 13.8. The number of aryl methyl sites for hydroxylation is 1. The Morgan fingerprint density at radius 2 is 2.14 bits per heavy atom. The number of nitrogens with zero attached hydrogens (tertiary/aromatic N) is 3. The summed E-state index contributed by atoms with van der Waals surface area (Å²) in [6.45, 7) is 1.86. The fourth-order valence-corrected chi connectivity index (χ4v) is 2.50. The molecule has 1 aromatic carbocycles. The van der Waals surface area contributed by atoms with Crippen molar-refractivity contribution >= 4 is 38.4 Å². The molecule has 21 heavy (non-hydrogen) atoms. The van der Waals surface area contributed by atoms with Crippen LogP contribution in [0.1, 0.15) is 16.1 Å². The highest BCUT2D eigenvalue weighted by Crippen LogP contribution is 2.24. The number of hydrogen-bond acceptors (Lipinski definition) is 3. The summed E-state index contributed by atoms with van der Waals surface area (Å²) in [5.74, 6) is -0.183. The zero-order valence-electron chi connectivity index (χ0n) is 11.6. The lowest BCUT2D eigenvalue weighted by Gasteiger charge is -2.08. The Morgan fingerprint density at radius 1 is 1.33 bits per heavy atom. The summed E-state index contributed by atoms with van der Waals surface area (Å²) in [6.07, 6.45) is 3.28. The second-order valence-corrected chi connectivity index (χ2v) is 5.67. The molecule has 3 aromatic rings. The van der Waals surface area contributed by atoms with E-state index < -0.39 is 0 Å². The van der Waals surface area contributed by atoms with Crippen molar-refractivity contribution < 1.29 is 4.79 Å². The number of aromatic nitrogens is 3. The number of carbonyl (C=O) groups excluding carboxylic acids is 1. The minimum absolute atomic E-state index is 0.183. The van der Waals surface area contributed by atoms with Gasteiger partial charge in [0.05, 0.1) is 23.0 Å². The topological polar surface area (TPSA) is 59.8 Å². The van der Waals surface area contributed by atoms with Crippen molar-refractivity contribution in [2.24, 2.45) is 7.05 Å². The maximum Gasteiger partial charge on any atom is 0.259 e. The van der Waals surface area contributed by atoms with Crippen molar-refractivity contribution in [3.8, 4) is 0 Å². The van der Waals surface area contributed by atoms with E-state index in [4.69, 9.17) is 0 Å². The molecule has 2 aromatic heterocycles. The standard InChI is InChI=1S/C15H13BrN4O/c1-9-12(8-18-20(9)2)15(21)19-13-5-3-4-10-6-11(16)7-17-14(10)13/h3-8H,1-2H3,(H,19,21). The van der Waals surface area contributed by atoms with E-state index in [1.54, 1.807) is 17.1 Å². The number of para-hydroxylation sites is 1. The number of rotatable bonds is 2. The lowest BCUT2D eigenvalue weighted by atomic mass is 10.2. The molecular weight excluding hydrogens is 332 g/mol. The van der Waals surface area contributed by atoms with Crippen molar-refractivity contribution in [2.75, 3.05) is 5.32 Å². The molecular formula is C15H13BrN4O. The van der Waals surface area contributed by atoms with E-state index in [-0.39, 0.29) is 5.91 Å². The van der Waals surface area contributed by atoms with Crippen LogP contribution in [-0.4, -0.2) is 20.7 Å². The first-order valence-corrected chi connectivity index (χ1v) is 7.20. The highest BCUT2D eigenvalue weighted by Gasteiger charge is 2.14. The second kappa shape index (κ2) is 5.29. The maximum absolute atomic E-state index is 12.4. The zero-order chi connectivity index (χ0) is 15.0. The predicted octanol–water partition coefficient (Wildman–Crippen LogP) is 3.29. The average Bonchev–Trinajstić information content (AvgIpc) is 2.79. The van der Waals surface area contributed by atoms with Gasteiger partial charge in [0.25, 0.3) is 5.91 Å². The molecule has 0 saturated heterocycles. The van der Waals surface area contributed by atoms with Gasteiger partial charge in [-0.1, -0.05) is 12.1 Å². The number of hydrogen-bond donors (Lipinski definition) is 1. The van der Waals surface area contributed by atoms with Crippen LogP contribution >= 0.6 is 15.9 Å². The van der Waals surface area contributed by atoms with Crippen molar-refractivity contribution in [1.29, 1.82) is 0 Å². The third kappa shape index (κ3) is 2.54. The Labute approximate surface area is 130 Å². The largest absolute Gasteiger partial charge is 0.320 e. The van der Waals surface area contributed by atoms with Crippen molar-refractivity contribution in [1.82, 2.24) is 14.8 Å². The molecule has 0 radical (unpaired) electrons. The SMILES string of the molecule is Cc1c(C(=O)Nc2cccc3cc(Br)cnc23)cnn1C. The molecule has 106 valence electrons. The minimum atomic E-state index is -0.183. The average molecular weight is 345 g/mol. The lowest BCUT2D eigenvalue weighted by molar-refractivity contribution is 0.102. The quantitative estimate of drug-likeness (QED) is 0.775. The first-order chi connectivity index (χ1) is 10.1. The molecule has 0 bridgehead atoms. The smallest absolute Gasteiger partial charge is 0.259 e. The van der Waals surface area contributed by atoms with Gasteiger partial charge in [-0.25, -0.2) is 0 Å². The van der Waals surface area contributed by atoms with Crippen LogP contribution in [0.5, 0.6) is 0 Å². The highest BCUT2D eigenvalue weighted by molar-refractivity contribution is 9.10. The number of carbonyl (C=O) groups is 1. The number of fused-ring (bicyclic) bond motifs is 1. The van der Waals surface area contributed by atoms with Crippen LogP contribution in [0.4, 0.5) is 5.69 Å². The molecule has 0 spiro atoms. The Balaban J connectivity index is 1.98. The van der Waals surface area contributed by atoms with Gasteiger partial charge in [-0.15, -0.1) is 0 Å². The van der Waals surface area contributed by atoms with E-state index in [9.17, 15) is 4.79 Å². The van der Waals surface area contributed by atoms with Crippen LogP contribution in [0, 0.1) is 6.92 Å². The predicted molar refractivity (Wildman–Crippen MR) is 85.3 cm³/mol. The number of benzene rings is 1. The maximum atomic E-state index is 12.4. The zero-order valence-corrected chi connectivity index (χ0v) is 13.2. The Kier molecular flexibility index (Phi) is 3.47. The molecule has 0 aliphatic rings. The van der Waals surface area contributed by atoms with Crippen molar-refractivity contribution in [3.05, 3.63) is 52.4 Å². The van der Waals surface area contributed by atoms with Gasteiger partial charge in [0.15, 0.2) is 0 Å². The molecule has 0 aliphatic carbocycles. The van der Waals surface area contributed by atoms with Crippen LogP contribution < -0.4 is 5.32 Å². The number of halogens is 1. The van der Waals surface area contributed by atoms with Gasteiger partial charge in [-0.3, -0.25) is 14.5 Å². The van der Waals surface area contributed by atoms with Gasteiger partial charge in [0.1, 0.15) is 0 Å². The minimum Gasteiger partial charge on any atom is -0.320 e. The van der Waals surface area contributed by atoms with Crippen LogP contribution in [0.2, 0.25) is 0 Å². The second-order valence-electron chi connectivity index (χ2n) is 4.75. The van der Waals surface area contributed by atoms with E-state index in [0.29, 0.717) is 11.3 Å². The summed E-state index contributed by atoms with van der Waals surface area (Å²) in [5, 5.41) is 7.95. The number of anilines is 1. The molecule has 0 aliphatic heterocycles. The van der Waals surface area contributed by atoms with Crippen molar-refractivity contribution in [2.45, 2.75) is 6.92 Å².